The highest BCUT2D eigenvalue weighted by atomic mass is 19.1. The van der Waals surface area contributed by atoms with Gasteiger partial charge in [0.25, 0.3) is 5.91 Å². The molecule has 0 bridgehead atoms. The number of nitrogens with one attached hydrogen (secondary N) is 1. The fourth-order valence-electron chi connectivity index (χ4n) is 2.37. The molecule has 0 aliphatic carbocycles. The monoisotopic (exact) mass is 301 g/mol. The molecule has 116 valence electrons. The standard InChI is InChI=1S/C18H20FNO2/c1-11-9-12(2)17(13(3)10-11)20-18(21)14(4)22-16-7-5-15(19)6-8-16/h5-10,14H,1-4H3,(H,20,21)/t14-/m1/s1. The number of carbonyl (C=O) groups excluding carboxylic acids is 1. The largest absolute Gasteiger partial charge is 0.481 e. The van der Waals surface area contributed by atoms with Gasteiger partial charge in [0.05, 0.1) is 0 Å². The summed E-state index contributed by atoms with van der Waals surface area (Å²) in [5.74, 6) is -0.115. The van der Waals surface area contributed by atoms with Crippen LogP contribution in [0, 0.1) is 26.6 Å². The molecule has 4 heteroatoms. The minimum Gasteiger partial charge on any atom is -0.481 e. The molecule has 3 nitrogen and oxygen atoms in total. The summed E-state index contributed by atoms with van der Waals surface area (Å²) < 4.78 is 18.4. The molecule has 2 aromatic carbocycles. The molecule has 0 aliphatic rings. The molecule has 0 saturated heterocycles. The second-order valence-electron chi connectivity index (χ2n) is 5.48. The van der Waals surface area contributed by atoms with E-state index >= 15 is 0 Å². The Hall–Kier alpha value is -2.36. The summed E-state index contributed by atoms with van der Waals surface area (Å²) in [6.07, 6.45) is -0.675. The first-order valence-corrected chi connectivity index (χ1v) is 7.18. The van der Waals surface area contributed by atoms with Crippen LogP contribution in [0.15, 0.2) is 36.4 Å². The van der Waals surface area contributed by atoms with Gasteiger partial charge >= 0.3 is 0 Å². The lowest BCUT2D eigenvalue weighted by molar-refractivity contribution is -0.122. The highest BCUT2D eigenvalue weighted by molar-refractivity contribution is 5.95. The Balaban J connectivity index is 2.07. The van der Waals surface area contributed by atoms with Crippen molar-refractivity contribution in [2.45, 2.75) is 33.8 Å². The summed E-state index contributed by atoms with van der Waals surface area (Å²) in [6.45, 7) is 7.60. The van der Waals surface area contributed by atoms with Crippen molar-refractivity contribution in [3.63, 3.8) is 0 Å². The van der Waals surface area contributed by atoms with Crippen molar-refractivity contribution in [2.75, 3.05) is 5.32 Å². The molecule has 22 heavy (non-hydrogen) atoms. The number of anilines is 1. The highest BCUT2D eigenvalue weighted by Gasteiger charge is 2.17. The normalized spacial score (nSPS) is 11.9. The quantitative estimate of drug-likeness (QED) is 0.921. The molecule has 0 fully saturated rings. The fourth-order valence-corrected chi connectivity index (χ4v) is 2.37. The number of amides is 1. The molecule has 2 rings (SSSR count). The van der Waals surface area contributed by atoms with Crippen molar-refractivity contribution < 1.29 is 13.9 Å². The zero-order valence-corrected chi connectivity index (χ0v) is 13.2. The molecule has 1 amide bonds. The lowest BCUT2D eigenvalue weighted by Crippen LogP contribution is -2.30. The zero-order chi connectivity index (χ0) is 16.3. The third-order valence-corrected chi connectivity index (χ3v) is 3.42. The second-order valence-corrected chi connectivity index (χ2v) is 5.48. The molecule has 2 aromatic rings. The average molecular weight is 301 g/mol. The van der Waals surface area contributed by atoms with Crippen LogP contribution in [0.25, 0.3) is 0 Å². The third kappa shape index (κ3) is 3.85. The van der Waals surface area contributed by atoms with Crippen LogP contribution in [0.1, 0.15) is 23.6 Å². The number of ether oxygens (including phenoxy) is 1. The molecular weight excluding hydrogens is 281 g/mol. The van der Waals surface area contributed by atoms with Crippen molar-refractivity contribution in [3.8, 4) is 5.75 Å². The van der Waals surface area contributed by atoms with E-state index in [2.05, 4.69) is 5.32 Å². The summed E-state index contributed by atoms with van der Waals surface area (Å²) in [7, 11) is 0. The molecule has 0 spiro atoms. The van der Waals surface area contributed by atoms with E-state index in [0.717, 1.165) is 22.4 Å². The molecule has 0 unspecified atom stereocenters. The number of aryl methyl sites for hydroxylation is 3. The Kier molecular flexibility index (Phi) is 4.81. The maximum atomic E-state index is 12.9. The Bertz CT molecular complexity index is 657. The van der Waals surface area contributed by atoms with Crippen molar-refractivity contribution in [3.05, 3.63) is 58.9 Å². The van der Waals surface area contributed by atoms with Gasteiger partial charge in [0.1, 0.15) is 11.6 Å². The maximum Gasteiger partial charge on any atom is 0.265 e. The van der Waals surface area contributed by atoms with Crippen LogP contribution in [0.3, 0.4) is 0 Å². The highest BCUT2D eigenvalue weighted by Crippen LogP contribution is 2.22. The summed E-state index contributed by atoms with van der Waals surface area (Å²) >= 11 is 0. The molecule has 0 aromatic heterocycles. The topological polar surface area (TPSA) is 38.3 Å². The number of carbonyl (C=O) groups is 1. The van der Waals surface area contributed by atoms with Gasteiger partial charge in [0, 0.05) is 5.69 Å². The summed E-state index contributed by atoms with van der Waals surface area (Å²) in [4.78, 5) is 12.3. The van der Waals surface area contributed by atoms with Gasteiger partial charge < -0.3 is 10.1 Å². The Morgan fingerprint density at radius 2 is 1.64 bits per heavy atom. The van der Waals surface area contributed by atoms with Crippen molar-refractivity contribution in [1.82, 2.24) is 0 Å². The van der Waals surface area contributed by atoms with E-state index in [0.29, 0.717) is 5.75 Å². The van der Waals surface area contributed by atoms with Gasteiger partial charge in [0.15, 0.2) is 6.10 Å². The fraction of sp³-hybridized carbons (Fsp3) is 0.278. The van der Waals surface area contributed by atoms with Crippen LogP contribution in [-0.4, -0.2) is 12.0 Å². The van der Waals surface area contributed by atoms with Crippen molar-refractivity contribution >= 4 is 11.6 Å². The van der Waals surface area contributed by atoms with Gasteiger partial charge in [-0.15, -0.1) is 0 Å². The Morgan fingerprint density at radius 1 is 1.09 bits per heavy atom. The van der Waals surface area contributed by atoms with Crippen LogP contribution in [0.4, 0.5) is 10.1 Å². The average Bonchev–Trinajstić information content (AvgIpc) is 2.45. The van der Waals surface area contributed by atoms with Crippen LogP contribution in [0.5, 0.6) is 5.75 Å². The van der Waals surface area contributed by atoms with E-state index < -0.39 is 6.10 Å². The van der Waals surface area contributed by atoms with Gasteiger partial charge in [-0.25, -0.2) is 4.39 Å². The van der Waals surface area contributed by atoms with Gasteiger partial charge in [-0.1, -0.05) is 17.7 Å². The first-order chi connectivity index (χ1) is 10.4. The maximum absolute atomic E-state index is 12.9. The van der Waals surface area contributed by atoms with Crippen LogP contribution in [-0.2, 0) is 4.79 Å². The number of halogens is 1. The lowest BCUT2D eigenvalue weighted by Gasteiger charge is -2.17. The first-order valence-electron chi connectivity index (χ1n) is 7.18. The molecule has 1 atom stereocenters. The van der Waals surface area contributed by atoms with Crippen molar-refractivity contribution in [1.29, 1.82) is 0 Å². The number of hydrogen-bond acceptors (Lipinski definition) is 2. The summed E-state index contributed by atoms with van der Waals surface area (Å²) in [5, 5.41) is 2.90. The molecule has 1 N–H and O–H groups in total. The third-order valence-electron chi connectivity index (χ3n) is 3.42. The van der Waals surface area contributed by atoms with E-state index in [9.17, 15) is 9.18 Å². The smallest absolute Gasteiger partial charge is 0.265 e. The predicted molar refractivity (Wildman–Crippen MR) is 85.8 cm³/mol. The first kappa shape index (κ1) is 16.0. The Morgan fingerprint density at radius 3 is 2.18 bits per heavy atom. The van der Waals surface area contributed by atoms with E-state index in [1.165, 1.54) is 24.3 Å². The van der Waals surface area contributed by atoms with E-state index in [4.69, 9.17) is 4.74 Å². The van der Waals surface area contributed by atoms with E-state index in [1.807, 2.05) is 32.9 Å². The number of rotatable bonds is 4. The van der Waals surface area contributed by atoms with E-state index in [-0.39, 0.29) is 11.7 Å². The molecule has 0 heterocycles. The second kappa shape index (κ2) is 6.60. The molecule has 0 radical (unpaired) electrons. The number of hydrogen-bond donors (Lipinski definition) is 1. The predicted octanol–water partition coefficient (Wildman–Crippen LogP) is 4.16. The lowest BCUT2D eigenvalue weighted by atomic mass is 10.0. The summed E-state index contributed by atoms with van der Waals surface area (Å²) in [5.41, 5.74) is 3.99. The minimum atomic E-state index is -0.675. The molecule has 0 saturated carbocycles. The van der Waals surface area contributed by atoms with Gasteiger partial charge in [-0.2, -0.15) is 0 Å². The van der Waals surface area contributed by atoms with Crippen LogP contribution in [0.2, 0.25) is 0 Å². The zero-order valence-electron chi connectivity index (χ0n) is 13.2. The van der Waals surface area contributed by atoms with Crippen molar-refractivity contribution in [2.24, 2.45) is 0 Å². The number of benzene rings is 2. The SMILES string of the molecule is Cc1cc(C)c(NC(=O)[C@@H](C)Oc2ccc(F)cc2)c(C)c1. The molecule has 0 aliphatic heterocycles. The van der Waals surface area contributed by atoms with Crippen LogP contribution >= 0.6 is 0 Å². The van der Waals surface area contributed by atoms with Gasteiger partial charge in [0.2, 0.25) is 0 Å². The summed E-state index contributed by atoms with van der Waals surface area (Å²) in [6, 6.07) is 9.65. The molecular formula is C18H20FNO2. The minimum absolute atomic E-state index is 0.237. The van der Waals surface area contributed by atoms with E-state index in [1.54, 1.807) is 6.92 Å². The Labute approximate surface area is 130 Å². The van der Waals surface area contributed by atoms with Gasteiger partial charge in [-0.3, -0.25) is 4.79 Å². The van der Waals surface area contributed by atoms with Crippen LogP contribution < -0.4 is 10.1 Å². The van der Waals surface area contributed by atoms with Gasteiger partial charge in [-0.05, 0) is 63.1 Å².